The Labute approximate surface area is 220 Å². The van der Waals surface area contributed by atoms with Crippen LogP contribution in [0.1, 0.15) is 59.5 Å². The summed E-state index contributed by atoms with van der Waals surface area (Å²) < 4.78 is 10.1. The first-order chi connectivity index (χ1) is 18.4. The van der Waals surface area contributed by atoms with Gasteiger partial charge < -0.3 is 19.7 Å². The standard InChI is InChI=1S/C30H28N2O6/c1-3-32(22-12-9-20(10-13-22)30(36)38-18-17-37-4-2)16-15-31-29(35)21-11-14-25-26(19-21)28(34)24-8-6-5-7-23(24)27(25)33/h4-14,19H,2-3,15-18H2,1H3,(H,31,35). The van der Waals surface area contributed by atoms with Gasteiger partial charge in [-0.15, -0.1) is 0 Å². The van der Waals surface area contributed by atoms with E-state index in [4.69, 9.17) is 9.47 Å². The lowest BCUT2D eigenvalue weighted by atomic mass is 9.83. The molecular formula is C30H28N2O6. The second kappa shape index (κ2) is 12.0. The van der Waals surface area contributed by atoms with Crippen molar-refractivity contribution in [3.05, 3.63) is 113 Å². The molecule has 0 fully saturated rings. The summed E-state index contributed by atoms with van der Waals surface area (Å²) >= 11 is 0. The predicted octanol–water partition coefficient (Wildman–Crippen LogP) is 4.04. The molecule has 0 aliphatic heterocycles. The maximum atomic E-state index is 12.9. The largest absolute Gasteiger partial charge is 0.498 e. The number of anilines is 1. The minimum atomic E-state index is -0.437. The minimum Gasteiger partial charge on any atom is -0.498 e. The number of hydrogen-bond acceptors (Lipinski definition) is 7. The van der Waals surface area contributed by atoms with Gasteiger partial charge in [0, 0.05) is 53.1 Å². The van der Waals surface area contributed by atoms with E-state index in [-0.39, 0.29) is 36.3 Å². The molecule has 194 valence electrons. The molecule has 0 radical (unpaired) electrons. The predicted molar refractivity (Wildman–Crippen MR) is 143 cm³/mol. The van der Waals surface area contributed by atoms with Gasteiger partial charge in [0.15, 0.2) is 11.6 Å². The fraction of sp³-hybridized carbons (Fsp3) is 0.200. The molecule has 3 aromatic rings. The summed E-state index contributed by atoms with van der Waals surface area (Å²) in [7, 11) is 0. The van der Waals surface area contributed by atoms with E-state index < -0.39 is 5.97 Å². The first-order valence-corrected chi connectivity index (χ1v) is 12.3. The van der Waals surface area contributed by atoms with Gasteiger partial charge >= 0.3 is 5.97 Å². The highest BCUT2D eigenvalue weighted by Gasteiger charge is 2.29. The Balaban J connectivity index is 1.34. The summed E-state index contributed by atoms with van der Waals surface area (Å²) in [6.07, 6.45) is 1.29. The van der Waals surface area contributed by atoms with Crippen LogP contribution in [0.2, 0.25) is 0 Å². The highest BCUT2D eigenvalue weighted by molar-refractivity contribution is 6.28. The smallest absolute Gasteiger partial charge is 0.338 e. The molecule has 0 spiro atoms. The fourth-order valence-corrected chi connectivity index (χ4v) is 4.27. The van der Waals surface area contributed by atoms with Crippen LogP contribution in [0.5, 0.6) is 0 Å². The molecule has 0 unspecified atom stereocenters. The van der Waals surface area contributed by atoms with Crippen LogP contribution in [0.3, 0.4) is 0 Å². The van der Waals surface area contributed by atoms with Gasteiger partial charge in [-0.05, 0) is 49.4 Å². The van der Waals surface area contributed by atoms with Crippen LogP contribution >= 0.6 is 0 Å². The summed E-state index contributed by atoms with van der Waals surface area (Å²) in [5.41, 5.74) is 2.91. The number of benzene rings is 3. The van der Waals surface area contributed by atoms with Crippen LogP contribution in [0.4, 0.5) is 5.69 Å². The van der Waals surface area contributed by atoms with Crippen LogP contribution in [0.25, 0.3) is 0 Å². The van der Waals surface area contributed by atoms with Crippen molar-refractivity contribution in [1.82, 2.24) is 5.32 Å². The number of nitrogens with one attached hydrogen (secondary N) is 1. The SMILES string of the molecule is C=COCCOC(=O)c1ccc(N(CC)CCNC(=O)c2ccc3c(c2)C(=O)c2ccccc2C3=O)cc1. The Bertz CT molecular complexity index is 1380. The Morgan fingerprint density at radius 2 is 1.50 bits per heavy atom. The van der Waals surface area contributed by atoms with Gasteiger partial charge in [-0.3, -0.25) is 14.4 Å². The average Bonchev–Trinajstić information content (AvgIpc) is 2.96. The minimum absolute atomic E-state index is 0.134. The van der Waals surface area contributed by atoms with Crippen LogP contribution < -0.4 is 10.2 Å². The lowest BCUT2D eigenvalue weighted by Crippen LogP contribution is -2.35. The highest BCUT2D eigenvalue weighted by atomic mass is 16.6. The van der Waals surface area contributed by atoms with Crippen LogP contribution in [0, 0.1) is 0 Å². The van der Waals surface area contributed by atoms with Crippen molar-refractivity contribution in [1.29, 1.82) is 0 Å². The monoisotopic (exact) mass is 512 g/mol. The van der Waals surface area contributed by atoms with Gasteiger partial charge in [-0.2, -0.15) is 0 Å². The number of fused-ring (bicyclic) bond motifs is 2. The van der Waals surface area contributed by atoms with Crippen LogP contribution in [-0.4, -0.2) is 56.3 Å². The zero-order valence-corrected chi connectivity index (χ0v) is 21.1. The number of esters is 1. The number of carbonyl (C=O) groups is 4. The molecule has 1 aliphatic carbocycles. The molecule has 3 aromatic carbocycles. The number of amides is 1. The topological polar surface area (TPSA) is 102 Å². The zero-order valence-electron chi connectivity index (χ0n) is 21.1. The summed E-state index contributed by atoms with van der Waals surface area (Å²) in [6, 6.07) is 18.3. The van der Waals surface area contributed by atoms with E-state index in [1.165, 1.54) is 18.4 Å². The number of hydrogen-bond donors (Lipinski definition) is 1. The first-order valence-electron chi connectivity index (χ1n) is 12.3. The van der Waals surface area contributed by atoms with E-state index in [0.29, 0.717) is 47.5 Å². The fourth-order valence-electron chi connectivity index (χ4n) is 4.27. The van der Waals surface area contributed by atoms with Crippen molar-refractivity contribution in [2.75, 3.05) is 37.7 Å². The quantitative estimate of drug-likeness (QED) is 0.184. The molecule has 1 N–H and O–H groups in total. The van der Waals surface area contributed by atoms with Crippen molar-refractivity contribution >= 4 is 29.1 Å². The number of nitrogens with zero attached hydrogens (tertiary/aromatic N) is 1. The molecule has 1 amide bonds. The Morgan fingerprint density at radius 3 is 2.16 bits per heavy atom. The van der Waals surface area contributed by atoms with Crippen molar-refractivity contribution in [2.45, 2.75) is 6.92 Å². The van der Waals surface area contributed by atoms with Gasteiger partial charge in [0.2, 0.25) is 0 Å². The summed E-state index contributed by atoms with van der Waals surface area (Å²) in [6.45, 7) is 7.37. The number of rotatable bonds is 11. The second-order valence-corrected chi connectivity index (χ2v) is 8.52. The van der Waals surface area contributed by atoms with Gasteiger partial charge in [0.25, 0.3) is 5.91 Å². The summed E-state index contributed by atoms with van der Waals surface area (Å²) in [5, 5.41) is 2.88. The summed E-state index contributed by atoms with van der Waals surface area (Å²) in [4.78, 5) is 52.7. The third kappa shape index (κ3) is 5.64. The normalized spacial score (nSPS) is 11.7. The molecule has 0 heterocycles. The highest BCUT2D eigenvalue weighted by Crippen LogP contribution is 2.28. The van der Waals surface area contributed by atoms with Gasteiger partial charge in [-0.25, -0.2) is 4.79 Å². The molecule has 8 heteroatoms. The van der Waals surface area contributed by atoms with Crippen LogP contribution in [0.15, 0.2) is 79.6 Å². The zero-order chi connectivity index (χ0) is 27.1. The van der Waals surface area contributed by atoms with E-state index in [0.717, 1.165) is 5.69 Å². The number of ketones is 2. The van der Waals surface area contributed by atoms with E-state index in [1.807, 2.05) is 19.1 Å². The lowest BCUT2D eigenvalue weighted by Gasteiger charge is -2.23. The van der Waals surface area contributed by atoms with E-state index in [1.54, 1.807) is 42.5 Å². The number of ether oxygens (including phenoxy) is 2. The average molecular weight is 513 g/mol. The Hall–Kier alpha value is -4.72. The Kier molecular flexibility index (Phi) is 8.33. The number of carbonyl (C=O) groups excluding carboxylic acids is 4. The van der Waals surface area contributed by atoms with Crippen molar-refractivity contribution in [3.8, 4) is 0 Å². The van der Waals surface area contributed by atoms with E-state index >= 15 is 0 Å². The van der Waals surface area contributed by atoms with E-state index in [9.17, 15) is 19.2 Å². The molecule has 0 bridgehead atoms. The second-order valence-electron chi connectivity index (χ2n) is 8.52. The molecule has 0 atom stereocenters. The van der Waals surface area contributed by atoms with Gasteiger partial charge in [0.05, 0.1) is 11.8 Å². The first kappa shape index (κ1) is 26.3. The molecule has 0 saturated carbocycles. The molecule has 38 heavy (non-hydrogen) atoms. The third-order valence-corrected chi connectivity index (χ3v) is 6.26. The molecule has 0 aromatic heterocycles. The molecule has 0 saturated heterocycles. The third-order valence-electron chi connectivity index (χ3n) is 6.26. The maximum absolute atomic E-state index is 12.9. The molecule has 4 rings (SSSR count). The summed E-state index contributed by atoms with van der Waals surface area (Å²) in [5.74, 6) is -1.25. The Morgan fingerprint density at radius 1 is 0.868 bits per heavy atom. The molecule has 8 nitrogen and oxygen atoms in total. The maximum Gasteiger partial charge on any atom is 0.338 e. The van der Waals surface area contributed by atoms with Gasteiger partial charge in [0.1, 0.15) is 13.2 Å². The number of likely N-dealkylation sites (N-methyl/N-ethyl adjacent to an activating group) is 1. The van der Waals surface area contributed by atoms with E-state index in [2.05, 4.69) is 16.8 Å². The van der Waals surface area contributed by atoms with Crippen molar-refractivity contribution in [3.63, 3.8) is 0 Å². The molecule has 1 aliphatic rings. The molecular weight excluding hydrogens is 484 g/mol. The van der Waals surface area contributed by atoms with Crippen LogP contribution in [-0.2, 0) is 9.47 Å². The lowest BCUT2D eigenvalue weighted by molar-refractivity contribution is 0.0421. The van der Waals surface area contributed by atoms with Crippen molar-refractivity contribution < 1.29 is 28.7 Å². The van der Waals surface area contributed by atoms with Crippen molar-refractivity contribution in [2.24, 2.45) is 0 Å². The van der Waals surface area contributed by atoms with Gasteiger partial charge in [-0.1, -0.05) is 30.8 Å².